The van der Waals surface area contributed by atoms with E-state index in [0.29, 0.717) is 22.9 Å². The van der Waals surface area contributed by atoms with Gasteiger partial charge >= 0.3 is 0 Å². The number of rotatable bonds is 10. The van der Waals surface area contributed by atoms with Gasteiger partial charge in [-0.05, 0) is 88.1 Å². The number of hydrogen-bond donors (Lipinski definition) is 1. The van der Waals surface area contributed by atoms with Crippen LogP contribution in [0.25, 0.3) is 10.8 Å². The quantitative estimate of drug-likeness (QED) is 0.142. The lowest BCUT2D eigenvalue weighted by molar-refractivity contribution is 0.0955. The zero-order valence-corrected chi connectivity index (χ0v) is 24.3. The second-order valence-corrected chi connectivity index (χ2v) is 12.0. The van der Waals surface area contributed by atoms with Crippen molar-refractivity contribution in [2.75, 3.05) is 10.6 Å². The molecule has 0 spiro atoms. The molecule has 5 aromatic carbocycles. The van der Waals surface area contributed by atoms with Gasteiger partial charge in [0.1, 0.15) is 12.4 Å². The van der Waals surface area contributed by atoms with E-state index in [0.717, 1.165) is 28.7 Å². The number of sulfonamides is 1. The maximum absolute atomic E-state index is 12.6. The lowest BCUT2D eigenvalue weighted by atomic mass is 10.1. The minimum atomic E-state index is -3.57. The van der Waals surface area contributed by atoms with Crippen LogP contribution in [0.5, 0.6) is 5.75 Å². The van der Waals surface area contributed by atoms with Crippen molar-refractivity contribution in [2.24, 2.45) is 5.10 Å². The van der Waals surface area contributed by atoms with Crippen molar-refractivity contribution >= 4 is 50.2 Å². The molecular weight excluding hydrogens is 570 g/mol. The highest BCUT2D eigenvalue weighted by atomic mass is 35.5. The summed E-state index contributed by atoms with van der Waals surface area (Å²) in [5, 5.41) is 6.96. The van der Waals surface area contributed by atoms with Crippen LogP contribution in [0.3, 0.4) is 0 Å². The third kappa shape index (κ3) is 7.34. The monoisotopic (exact) mass is 597 g/mol. The van der Waals surface area contributed by atoms with Crippen LogP contribution < -0.4 is 14.5 Å². The Balaban J connectivity index is 1.16. The van der Waals surface area contributed by atoms with Gasteiger partial charge in [0, 0.05) is 10.6 Å². The highest BCUT2D eigenvalue weighted by molar-refractivity contribution is 7.92. The van der Waals surface area contributed by atoms with Crippen molar-refractivity contribution < 1.29 is 17.9 Å². The van der Waals surface area contributed by atoms with Crippen LogP contribution in [0.15, 0.2) is 120 Å². The standard InChI is InChI=1S/C33H28ClN3O4S/c1-42(39,40)37(22-25-9-15-29(34)16-10-25)30-17-13-27(14-18-30)33(38)36-35-21-24-11-19-31(20-12-24)41-23-28-7-4-6-26-5-2-3-8-32(26)28/h2-21H,22-23H2,1H3,(H,36,38)/b35-21-. The fourth-order valence-corrected chi connectivity index (χ4v) is 5.41. The molecular formula is C33H28ClN3O4S. The van der Waals surface area contributed by atoms with Gasteiger partial charge in [0.2, 0.25) is 10.0 Å². The number of amides is 1. The van der Waals surface area contributed by atoms with Gasteiger partial charge in [-0.3, -0.25) is 9.10 Å². The van der Waals surface area contributed by atoms with Gasteiger partial charge in [-0.2, -0.15) is 5.10 Å². The van der Waals surface area contributed by atoms with Crippen LogP contribution >= 0.6 is 11.6 Å². The number of hydrazone groups is 1. The molecule has 0 bridgehead atoms. The first-order valence-electron chi connectivity index (χ1n) is 13.1. The molecule has 0 aliphatic heterocycles. The van der Waals surface area contributed by atoms with Crippen molar-refractivity contribution in [1.82, 2.24) is 5.43 Å². The third-order valence-corrected chi connectivity index (χ3v) is 7.98. The minimum absolute atomic E-state index is 0.138. The van der Waals surface area contributed by atoms with Crippen molar-refractivity contribution in [3.8, 4) is 5.75 Å². The van der Waals surface area contributed by atoms with E-state index in [-0.39, 0.29) is 6.54 Å². The summed E-state index contributed by atoms with van der Waals surface area (Å²) in [6, 6.07) is 35.0. The number of nitrogens with zero attached hydrogens (tertiary/aromatic N) is 2. The summed E-state index contributed by atoms with van der Waals surface area (Å²) < 4.78 is 32.2. The predicted octanol–water partition coefficient (Wildman–Crippen LogP) is 6.80. The lowest BCUT2D eigenvalue weighted by Gasteiger charge is -2.22. The first-order chi connectivity index (χ1) is 20.3. The normalized spacial score (nSPS) is 11.5. The number of hydrogen-bond acceptors (Lipinski definition) is 5. The van der Waals surface area contributed by atoms with E-state index in [4.69, 9.17) is 16.3 Å². The molecule has 0 heterocycles. The van der Waals surface area contributed by atoms with E-state index in [1.165, 1.54) is 21.3 Å². The van der Waals surface area contributed by atoms with Crippen LogP contribution in [0, 0.1) is 0 Å². The molecule has 0 saturated carbocycles. The van der Waals surface area contributed by atoms with Gasteiger partial charge in [0.15, 0.2) is 0 Å². The molecule has 0 atom stereocenters. The number of ether oxygens (including phenoxy) is 1. The summed E-state index contributed by atoms with van der Waals surface area (Å²) in [6.45, 7) is 0.589. The average Bonchev–Trinajstić information content (AvgIpc) is 3.00. The SMILES string of the molecule is CS(=O)(=O)N(Cc1ccc(Cl)cc1)c1ccc(C(=O)N/N=C\c2ccc(OCc3cccc4ccccc34)cc2)cc1. The van der Waals surface area contributed by atoms with Crippen LogP contribution in [-0.2, 0) is 23.2 Å². The van der Waals surface area contributed by atoms with Crippen molar-refractivity contribution in [3.05, 3.63) is 143 Å². The van der Waals surface area contributed by atoms with E-state index in [1.54, 1.807) is 48.5 Å². The number of benzene rings is 5. The number of nitrogens with one attached hydrogen (secondary N) is 1. The molecule has 42 heavy (non-hydrogen) atoms. The Bertz CT molecular complexity index is 1820. The summed E-state index contributed by atoms with van der Waals surface area (Å²) in [5.74, 6) is 0.305. The van der Waals surface area contributed by atoms with Gasteiger partial charge in [0.05, 0.1) is 24.7 Å². The molecule has 5 rings (SSSR count). The molecule has 0 aliphatic carbocycles. The average molecular weight is 598 g/mol. The molecule has 9 heteroatoms. The van der Waals surface area contributed by atoms with Crippen LogP contribution in [0.4, 0.5) is 5.69 Å². The second kappa shape index (κ2) is 12.9. The van der Waals surface area contributed by atoms with E-state index >= 15 is 0 Å². The summed E-state index contributed by atoms with van der Waals surface area (Å²) >= 11 is 5.94. The summed E-state index contributed by atoms with van der Waals surface area (Å²) in [4.78, 5) is 12.6. The molecule has 1 N–H and O–H groups in total. The number of anilines is 1. The molecule has 1 amide bonds. The molecule has 5 aromatic rings. The second-order valence-electron chi connectivity index (χ2n) is 9.64. The Hall–Kier alpha value is -4.66. The number of halogens is 1. The highest BCUT2D eigenvalue weighted by Crippen LogP contribution is 2.23. The van der Waals surface area contributed by atoms with E-state index < -0.39 is 15.9 Å². The predicted molar refractivity (Wildman–Crippen MR) is 169 cm³/mol. The first-order valence-corrected chi connectivity index (χ1v) is 15.3. The van der Waals surface area contributed by atoms with Crippen LogP contribution in [0.2, 0.25) is 5.02 Å². The molecule has 0 radical (unpaired) electrons. The first kappa shape index (κ1) is 28.9. The number of fused-ring (bicyclic) bond motifs is 1. The fourth-order valence-electron chi connectivity index (χ4n) is 4.39. The van der Waals surface area contributed by atoms with Crippen molar-refractivity contribution in [2.45, 2.75) is 13.2 Å². The fraction of sp³-hybridized carbons (Fsp3) is 0.0909. The molecule has 0 aliphatic rings. The largest absolute Gasteiger partial charge is 0.489 e. The van der Waals surface area contributed by atoms with E-state index in [9.17, 15) is 13.2 Å². The Morgan fingerprint density at radius 2 is 1.57 bits per heavy atom. The molecule has 7 nitrogen and oxygen atoms in total. The summed E-state index contributed by atoms with van der Waals surface area (Å²) in [6.07, 6.45) is 2.68. The van der Waals surface area contributed by atoms with Crippen LogP contribution in [0.1, 0.15) is 27.0 Å². The van der Waals surface area contributed by atoms with E-state index in [1.807, 2.05) is 42.5 Å². The van der Waals surface area contributed by atoms with Gasteiger partial charge in [-0.25, -0.2) is 13.8 Å². The summed E-state index contributed by atoms with van der Waals surface area (Å²) in [5.41, 5.74) is 5.97. The molecule has 212 valence electrons. The Morgan fingerprint density at radius 3 is 2.29 bits per heavy atom. The molecule has 0 fully saturated rings. The number of carbonyl (C=O) groups is 1. The topological polar surface area (TPSA) is 88.1 Å². The lowest BCUT2D eigenvalue weighted by Crippen LogP contribution is -2.29. The van der Waals surface area contributed by atoms with Crippen molar-refractivity contribution in [3.63, 3.8) is 0 Å². The highest BCUT2D eigenvalue weighted by Gasteiger charge is 2.18. The zero-order chi connectivity index (χ0) is 29.5. The molecule has 0 unspecified atom stereocenters. The smallest absolute Gasteiger partial charge is 0.271 e. The minimum Gasteiger partial charge on any atom is -0.489 e. The molecule has 0 saturated heterocycles. The van der Waals surface area contributed by atoms with Gasteiger partial charge in [-0.1, -0.05) is 66.2 Å². The maximum Gasteiger partial charge on any atom is 0.271 e. The van der Waals surface area contributed by atoms with Gasteiger partial charge in [-0.15, -0.1) is 0 Å². The van der Waals surface area contributed by atoms with Gasteiger partial charge in [0.25, 0.3) is 5.91 Å². The third-order valence-electron chi connectivity index (χ3n) is 6.59. The zero-order valence-electron chi connectivity index (χ0n) is 22.8. The van der Waals surface area contributed by atoms with E-state index in [2.05, 4.69) is 34.8 Å². The summed E-state index contributed by atoms with van der Waals surface area (Å²) in [7, 11) is -3.57. The Morgan fingerprint density at radius 1 is 0.881 bits per heavy atom. The van der Waals surface area contributed by atoms with Crippen molar-refractivity contribution in [1.29, 1.82) is 0 Å². The van der Waals surface area contributed by atoms with Gasteiger partial charge < -0.3 is 4.74 Å². The maximum atomic E-state index is 12.6. The Kier molecular flexibility index (Phi) is 8.85. The number of carbonyl (C=O) groups excluding carboxylic acids is 1. The van der Waals surface area contributed by atoms with Crippen LogP contribution in [-0.4, -0.2) is 26.8 Å². The Labute approximate surface area is 250 Å². The molecule has 0 aromatic heterocycles.